The molecule has 0 radical (unpaired) electrons. The zero-order valence-electron chi connectivity index (χ0n) is 10.5. The van der Waals surface area contributed by atoms with Gasteiger partial charge in [-0.15, -0.1) is 0 Å². The normalized spacial score (nSPS) is 19.7. The maximum absolute atomic E-state index is 5.06. The molecule has 88 valence electrons. The van der Waals surface area contributed by atoms with Crippen LogP contribution >= 0.6 is 12.2 Å². The Hall–Kier alpha value is -0.350. The number of thiocarbonyl (C=S) groups is 1. The average molecular weight is 230 g/mol. The molecule has 3 nitrogen and oxygen atoms in total. The fraction of sp³-hybridized carbons (Fsp3) is 0.909. The summed E-state index contributed by atoms with van der Waals surface area (Å²) in [6.45, 7) is 13.4. The Bertz CT molecular complexity index is 233. The smallest absolute Gasteiger partial charge is 0.174 e. The fourth-order valence-electron chi connectivity index (χ4n) is 2.43. The maximum Gasteiger partial charge on any atom is 0.174 e. The van der Waals surface area contributed by atoms with Crippen LogP contribution in [-0.2, 0) is 0 Å². The quantitative estimate of drug-likeness (QED) is 0.603. The van der Waals surface area contributed by atoms with Gasteiger partial charge >= 0.3 is 0 Å². The summed E-state index contributed by atoms with van der Waals surface area (Å²) in [6.07, 6.45) is 1.20. The van der Waals surface area contributed by atoms with Crippen LogP contribution in [0.15, 0.2) is 0 Å². The van der Waals surface area contributed by atoms with E-state index in [1.165, 1.54) is 11.3 Å². The first-order valence-electron chi connectivity index (χ1n) is 5.58. The van der Waals surface area contributed by atoms with Crippen LogP contribution in [0.25, 0.3) is 0 Å². The van der Waals surface area contributed by atoms with Crippen molar-refractivity contribution < 1.29 is 4.90 Å². The van der Waals surface area contributed by atoms with E-state index in [4.69, 9.17) is 12.2 Å². The number of hydrogen-bond acceptors (Lipinski definition) is 1. The van der Waals surface area contributed by atoms with Gasteiger partial charge in [0.2, 0.25) is 0 Å². The average Bonchev–Trinajstić information content (AvgIpc) is 2.00. The Morgan fingerprint density at radius 2 is 1.60 bits per heavy atom. The first-order chi connectivity index (χ1) is 6.71. The van der Waals surface area contributed by atoms with Crippen molar-refractivity contribution in [3.8, 4) is 0 Å². The van der Waals surface area contributed by atoms with Crippen LogP contribution in [0.2, 0.25) is 0 Å². The van der Waals surface area contributed by atoms with E-state index in [0.29, 0.717) is 5.41 Å². The number of hydrogen-bond donors (Lipinski definition) is 3. The van der Waals surface area contributed by atoms with Crippen molar-refractivity contribution >= 4 is 17.3 Å². The number of rotatable bonds is 2. The van der Waals surface area contributed by atoms with E-state index in [0.717, 1.165) is 18.4 Å². The second kappa shape index (κ2) is 4.26. The lowest BCUT2D eigenvalue weighted by molar-refractivity contribution is -0.955. The van der Waals surface area contributed by atoms with Crippen molar-refractivity contribution in [3.63, 3.8) is 0 Å². The van der Waals surface area contributed by atoms with Crippen LogP contribution in [0.3, 0.4) is 0 Å². The Kier molecular flexibility index (Phi) is 3.61. The van der Waals surface area contributed by atoms with Crippen molar-refractivity contribution in [1.82, 2.24) is 10.6 Å². The Labute approximate surface area is 98.6 Å². The highest BCUT2D eigenvalue weighted by Gasteiger charge is 2.36. The molecule has 15 heavy (non-hydrogen) atoms. The molecule has 1 heterocycles. The Morgan fingerprint density at radius 3 is 2.00 bits per heavy atom. The molecule has 1 rings (SSSR count). The molecule has 1 aliphatic heterocycles. The standard InChI is InChI=1S/C11H23N3S/c1-10(2,3)6-11(4,5)14-7-12-9(15)13-8-14/h6-8H2,1-5H3,(H2,12,13,15)/p+1. The summed E-state index contributed by atoms with van der Waals surface area (Å²) >= 11 is 5.06. The van der Waals surface area contributed by atoms with E-state index in [-0.39, 0.29) is 5.54 Å². The summed E-state index contributed by atoms with van der Waals surface area (Å²) in [7, 11) is 0. The molecule has 3 N–H and O–H groups in total. The van der Waals surface area contributed by atoms with Gasteiger partial charge in [0.1, 0.15) is 0 Å². The zero-order valence-corrected chi connectivity index (χ0v) is 11.3. The summed E-state index contributed by atoms with van der Waals surface area (Å²) in [5.74, 6) is 0. The molecule has 1 aliphatic rings. The molecular weight excluding hydrogens is 206 g/mol. The van der Waals surface area contributed by atoms with E-state index in [9.17, 15) is 0 Å². The predicted molar refractivity (Wildman–Crippen MR) is 67.7 cm³/mol. The lowest BCUT2D eigenvalue weighted by Gasteiger charge is -2.41. The highest BCUT2D eigenvalue weighted by molar-refractivity contribution is 7.80. The lowest BCUT2D eigenvalue weighted by Crippen LogP contribution is -3.23. The van der Waals surface area contributed by atoms with E-state index in [1.807, 2.05) is 0 Å². The van der Waals surface area contributed by atoms with Gasteiger partial charge in [0.15, 0.2) is 18.4 Å². The van der Waals surface area contributed by atoms with Gasteiger partial charge in [0.05, 0.1) is 5.54 Å². The van der Waals surface area contributed by atoms with Crippen LogP contribution in [0.5, 0.6) is 0 Å². The molecule has 1 fully saturated rings. The molecule has 0 amide bonds. The first-order valence-corrected chi connectivity index (χ1v) is 5.98. The molecular formula is C11H24N3S+. The molecule has 0 aromatic rings. The summed E-state index contributed by atoms with van der Waals surface area (Å²) < 4.78 is 0. The molecule has 0 aromatic heterocycles. The van der Waals surface area contributed by atoms with Crippen molar-refractivity contribution in [3.05, 3.63) is 0 Å². The summed E-state index contributed by atoms with van der Waals surface area (Å²) in [5.41, 5.74) is 0.642. The molecule has 0 aromatic carbocycles. The molecule has 0 atom stereocenters. The van der Waals surface area contributed by atoms with Gasteiger partial charge in [-0.25, -0.2) is 0 Å². The molecule has 0 bridgehead atoms. The van der Waals surface area contributed by atoms with Crippen LogP contribution < -0.4 is 15.5 Å². The largest absolute Gasteiger partial charge is 0.316 e. The third-order valence-corrected chi connectivity index (χ3v) is 3.14. The first kappa shape index (κ1) is 12.7. The topological polar surface area (TPSA) is 28.5 Å². The zero-order chi connectivity index (χ0) is 11.7. The Balaban J connectivity index is 2.57. The molecule has 0 unspecified atom stereocenters. The highest BCUT2D eigenvalue weighted by Crippen LogP contribution is 2.24. The van der Waals surface area contributed by atoms with E-state index in [1.54, 1.807) is 0 Å². The van der Waals surface area contributed by atoms with Gasteiger partial charge < -0.3 is 10.6 Å². The van der Waals surface area contributed by atoms with E-state index >= 15 is 0 Å². The van der Waals surface area contributed by atoms with Crippen LogP contribution in [0, 0.1) is 5.41 Å². The van der Waals surface area contributed by atoms with Crippen LogP contribution in [0.4, 0.5) is 0 Å². The number of nitrogens with one attached hydrogen (secondary N) is 3. The van der Waals surface area contributed by atoms with Crippen molar-refractivity contribution in [1.29, 1.82) is 0 Å². The minimum atomic E-state index is 0.272. The third kappa shape index (κ3) is 3.95. The molecule has 0 spiro atoms. The van der Waals surface area contributed by atoms with Gasteiger partial charge in [-0.1, -0.05) is 20.8 Å². The minimum absolute atomic E-state index is 0.272. The minimum Gasteiger partial charge on any atom is -0.316 e. The fourth-order valence-corrected chi connectivity index (χ4v) is 2.57. The summed E-state index contributed by atoms with van der Waals surface area (Å²) in [4.78, 5) is 1.52. The van der Waals surface area contributed by atoms with Gasteiger partial charge in [-0.05, 0) is 31.5 Å². The molecule has 0 aliphatic carbocycles. The second-order valence-electron chi connectivity index (χ2n) is 6.26. The number of quaternary nitrogens is 1. The van der Waals surface area contributed by atoms with Crippen molar-refractivity contribution in [2.24, 2.45) is 5.41 Å². The van der Waals surface area contributed by atoms with E-state index < -0.39 is 0 Å². The molecule has 4 heteroatoms. The highest BCUT2D eigenvalue weighted by atomic mass is 32.1. The Morgan fingerprint density at radius 1 is 1.13 bits per heavy atom. The monoisotopic (exact) mass is 230 g/mol. The second-order valence-corrected chi connectivity index (χ2v) is 6.67. The lowest BCUT2D eigenvalue weighted by atomic mass is 9.81. The molecule has 1 saturated heterocycles. The third-order valence-electron chi connectivity index (χ3n) is 2.85. The summed E-state index contributed by atoms with van der Waals surface area (Å²) in [5, 5.41) is 7.20. The van der Waals surface area contributed by atoms with Crippen LogP contribution in [0.1, 0.15) is 41.0 Å². The van der Waals surface area contributed by atoms with Gasteiger partial charge in [-0.2, -0.15) is 0 Å². The van der Waals surface area contributed by atoms with Gasteiger partial charge in [0.25, 0.3) is 0 Å². The van der Waals surface area contributed by atoms with E-state index in [2.05, 4.69) is 45.3 Å². The summed E-state index contributed by atoms with van der Waals surface area (Å²) in [6, 6.07) is 0. The van der Waals surface area contributed by atoms with Crippen molar-refractivity contribution in [2.45, 2.75) is 46.6 Å². The van der Waals surface area contributed by atoms with Crippen LogP contribution in [-0.4, -0.2) is 24.0 Å². The molecule has 0 saturated carbocycles. The SMILES string of the molecule is CC(C)(C)CC(C)(C)[NH+]1CNC(=S)NC1. The van der Waals surface area contributed by atoms with Gasteiger partial charge in [-0.3, -0.25) is 4.90 Å². The van der Waals surface area contributed by atoms with Gasteiger partial charge in [0, 0.05) is 6.42 Å². The van der Waals surface area contributed by atoms with Crippen molar-refractivity contribution in [2.75, 3.05) is 13.3 Å². The maximum atomic E-state index is 5.06. The predicted octanol–water partition coefficient (Wildman–Crippen LogP) is 0.479.